The molecule has 1 unspecified atom stereocenters. The zero-order valence-corrected chi connectivity index (χ0v) is 12.8. The summed E-state index contributed by atoms with van der Waals surface area (Å²) in [4.78, 5) is 2.34. The van der Waals surface area contributed by atoms with E-state index in [1.807, 2.05) is 18.2 Å². The van der Waals surface area contributed by atoms with E-state index < -0.39 is 0 Å². The maximum atomic E-state index is 5.66. The first kappa shape index (κ1) is 17.0. The van der Waals surface area contributed by atoms with E-state index in [2.05, 4.69) is 4.90 Å². The number of benzene rings is 1. The second-order valence-corrected chi connectivity index (χ2v) is 4.68. The maximum absolute atomic E-state index is 5.66. The van der Waals surface area contributed by atoms with Gasteiger partial charge in [0.1, 0.15) is 11.5 Å². The van der Waals surface area contributed by atoms with Crippen molar-refractivity contribution in [1.82, 2.24) is 4.90 Å². The van der Waals surface area contributed by atoms with E-state index in [-0.39, 0.29) is 18.5 Å². The van der Waals surface area contributed by atoms with E-state index in [1.165, 1.54) is 5.56 Å². The summed E-state index contributed by atoms with van der Waals surface area (Å²) in [6.07, 6.45) is 0.140. The van der Waals surface area contributed by atoms with Crippen LogP contribution in [0, 0.1) is 0 Å². The van der Waals surface area contributed by atoms with Crippen LogP contribution >= 0.6 is 12.4 Å². The molecule has 5 nitrogen and oxygen atoms in total. The van der Waals surface area contributed by atoms with Crippen LogP contribution in [0.5, 0.6) is 11.5 Å². The Kier molecular flexibility index (Phi) is 7.09. The fraction of sp³-hybridized carbons (Fsp3) is 0.571. The van der Waals surface area contributed by atoms with Crippen LogP contribution in [0.3, 0.4) is 0 Å². The van der Waals surface area contributed by atoms with Crippen molar-refractivity contribution >= 4 is 12.4 Å². The lowest BCUT2D eigenvalue weighted by atomic mass is 10.1. The largest absolute Gasteiger partial charge is 0.497 e. The van der Waals surface area contributed by atoms with E-state index in [4.69, 9.17) is 19.9 Å². The van der Waals surface area contributed by atoms with Crippen molar-refractivity contribution in [3.8, 4) is 11.5 Å². The SMILES string of the molecule is COc1cc(CN2CCOC(CN)C2)cc(OC)c1.Cl. The van der Waals surface area contributed by atoms with Crippen LogP contribution in [0.4, 0.5) is 0 Å². The number of morpholine rings is 1. The summed E-state index contributed by atoms with van der Waals surface area (Å²) in [5.41, 5.74) is 6.83. The Hall–Kier alpha value is -1.01. The minimum atomic E-state index is 0. The number of methoxy groups -OCH3 is 2. The summed E-state index contributed by atoms with van der Waals surface area (Å²) in [5, 5.41) is 0. The first-order valence-electron chi connectivity index (χ1n) is 6.51. The molecule has 2 N–H and O–H groups in total. The standard InChI is InChI=1S/C14H22N2O3.ClH/c1-17-12-5-11(6-13(7-12)18-2)9-16-3-4-19-14(8-15)10-16;/h5-7,14H,3-4,8-10,15H2,1-2H3;1H. The smallest absolute Gasteiger partial charge is 0.122 e. The van der Waals surface area contributed by atoms with Gasteiger partial charge in [0.05, 0.1) is 26.9 Å². The molecule has 0 aromatic heterocycles. The van der Waals surface area contributed by atoms with Gasteiger partial charge < -0.3 is 19.9 Å². The zero-order chi connectivity index (χ0) is 13.7. The molecule has 0 saturated carbocycles. The second kappa shape index (κ2) is 8.32. The van der Waals surface area contributed by atoms with Crippen LogP contribution in [-0.4, -0.2) is 51.5 Å². The van der Waals surface area contributed by atoms with Crippen molar-refractivity contribution in [3.05, 3.63) is 23.8 Å². The van der Waals surface area contributed by atoms with Gasteiger partial charge in [-0.05, 0) is 17.7 Å². The Labute approximate surface area is 126 Å². The minimum absolute atomic E-state index is 0. The fourth-order valence-corrected chi connectivity index (χ4v) is 2.28. The first-order chi connectivity index (χ1) is 9.25. The molecule has 1 aromatic carbocycles. The molecule has 0 spiro atoms. The lowest BCUT2D eigenvalue weighted by Gasteiger charge is -2.32. The molecule has 0 bridgehead atoms. The van der Waals surface area contributed by atoms with Crippen LogP contribution < -0.4 is 15.2 Å². The number of rotatable bonds is 5. The highest BCUT2D eigenvalue weighted by Gasteiger charge is 2.19. The molecule has 1 aromatic rings. The monoisotopic (exact) mass is 302 g/mol. The number of nitrogens with two attached hydrogens (primary N) is 1. The normalized spacial score (nSPS) is 19.2. The molecule has 1 fully saturated rings. The molecule has 114 valence electrons. The van der Waals surface area contributed by atoms with Gasteiger partial charge in [-0.2, -0.15) is 0 Å². The Morgan fingerprint density at radius 1 is 1.25 bits per heavy atom. The molecule has 20 heavy (non-hydrogen) atoms. The van der Waals surface area contributed by atoms with Crippen LogP contribution in [0.2, 0.25) is 0 Å². The van der Waals surface area contributed by atoms with E-state index in [1.54, 1.807) is 14.2 Å². The van der Waals surface area contributed by atoms with Crippen molar-refractivity contribution in [1.29, 1.82) is 0 Å². The van der Waals surface area contributed by atoms with Gasteiger partial charge >= 0.3 is 0 Å². The van der Waals surface area contributed by atoms with Crippen LogP contribution in [0.25, 0.3) is 0 Å². The zero-order valence-electron chi connectivity index (χ0n) is 12.0. The quantitative estimate of drug-likeness (QED) is 0.888. The first-order valence-corrected chi connectivity index (χ1v) is 6.51. The minimum Gasteiger partial charge on any atom is -0.497 e. The fourth-order valence-electron chi connectivity index (χ4n) is 2.28. The summed E-state index contributed by atoms with van der Waals surface area (Å²) >= 11 is 0. The third-order valence-electron chi connectivity index (χ3n) is 3.30. The Morgan fingerprint density at radius 2 is 1.90 bits per heavy atom. The number of nitrogens with zero attached hydrogens (tertiary/aromatic N) is 1. The lowest BCUT2D eigenvalue weighted by molar-refractivity contribution is -0.0260. The van der Waals surface area contributed by atoms with Crippen molar-refractivity contribution in [2.24, 2.45) is 5.73 Å². The van der Waals surface area contributed by atoms with Crippen molar-refractivity contribution in [2.75, 3.05) is 40.5 Å². The average molecular weight is 303 g/mol. The van der Waals surface area contributed by atoms with Crippen molar-refractivity contribution in [3.63, 3.8) is 0 Å². The average Bonchev–Trinajstić information content (AvgIpc) is 2.47. The molecule has 2 rings (SSSR count). The second-order valence-electron chi connectivity index (χ2n) is 4.68. The lowest BCUT2D eigenvalue weighted by Crippen LogP contribution is -2.45. The van der Waals surface area contributed by atoms with Gasteiger partial charge in [-0.15, -0.1) is 12.4 Å². The summed E-state index contributed by atoms with van der Waals surface area (Å²) in [5.74, 6) is 1.64. The number of halogens is 1. The van der Waals surface area contributed by atoms with Crippen molar-refractivity contribution in [2.45, 2.75) is 12.6 Å². The van der Waals surface area contributed by atoms with E-state index in [0.717, 1.165) is 37.7 Å². The van der Waals surface area contributed by atoms with Crippen molar-refractivity contribution < 1.29 is 14.2 Å². The molecule has 1 aliphatic heterocycles. The van der Waals surface area contributed by atoms with Gasteiger partial charge in [-0.25, -0.2) is 0 Å². The predicted octanol–water partition coefficient (Wildman–Crippen LogP) is 1.29. The highest BCUT2D eigenvalue weighted by atomic mass is 35.5. The summed E-state index contributed by atoms with van der Waals surface area (Å²) in [6.45, 7) is 3.96. The predicted molar refractivity (Wildman–Crippen MR) is 80.9 cm³/mol. The molecule has 0 aliphatic carbocycles. The molecule has 0 amide bonds. The summed E-state index contributed by atoms with van der Waals surface area (Å²) in [6, 6.07) is 5.95. The topological polar surface area (TPSA) is 57.0 Å². The number of hydrogen-bond donors (Lipinski definition) is 1. The third-order valence-corrected chi connectivity index (χ3v) is 3.30. The molecule has 6 heteroatoms. The highest BCUT2D eigenvalue weighted by Crippen LogP contribution is 2.23. The van der Waals surface area contributed by atoms with Gasteiger partial charge in [0.2, 0.25) is 0 Å². The highest BCUT2D eigenvalue weighted by molar-refractivity contribution is 5.85. The number of ether oxygens (including phenoxy) is 3. The summed E-state index contributed by atoms with van der Waals surface area (Å²) < 4.78 is 16.1. The van der Waals surface area contributed by atoms with E-state index >= 15 is 0 Å². The maximum Gasteiger partial charge on any atom is 0.122 e. The molecule has 0 radical (unpaired) electrons. The molecule has 1 saturated heterocycles. The Bertz CT molecular complexity index is 395. The van der Waals surface area contributed by atoms with E-state index in [9.17, 15) is 0 Å². The molecule has 1 aliphatic rings. The van der Waals surface area contributed by atoms with Gasteiger partial charge in [0.15, 0.2) is 0 Å². The van der Waals surface area contributed by atoms with Crippen LogP contribution in [0.15, 0.2) is 18.2 Å². The van der Waals surface area contributed by atoms with Gasteiger partial charge in [0.25, 0.3) is 0 Å². The van der Waals surface area contributed by atoms with Gasteiger partial charge in [0, 0.05) is 32.2 Å². The Morgan fingerprint density at radius 3 is 2.45 bits per heavy atom. The number of hydrogen-bond acceptors (Lipinski definition) is 5. The molecular weight excluding hydrogens is 280 g/mol. The molecule has 1 heterocycles. The third kappa shape index (κ3) is 4.52. The van der Waals surface area contributed by atoms with Crippen LogP contribution in [-0.2, 0) is 11.3 Å². The Balaban J connectivity index is 0.00000200. The summed E-state index contributed by atoms with van der Waals surface area (Å²) in [7, 11) is 3.33. The van der Waals surface area contributed by atoms with Gasteiger partial charge in [-0.3, -0.25) is 4.90 Å². The van der Waals surface area contributed by atoms with Gasteiger partial charge in [-0.1, -0.05) is 0 Å². The molecular formula is C14H23ClN2O3. The van der Waals surface area contributed by atoms with E-state index in [0.29, 0.717) is 6.54 Å². The van der Waals surface area contributed by atoms with Crippen LogP contribution in [0.1, 0.15) is 5.56 Å². The molecule has 1 atom stereocenters.